The van der Waals surface area contributed by atoms with Gasteiger partial charge in [-0.15, -0.1) is 0 Å². The van der Waals surface area contributed by atoms with Crippen molar-refractivity contribution in [2.24, 2.45) is 11.8 Å². The van der Waals surface area contributed by atoms with Crippen LogP contribution >= 0.6 is 0 Å². The number of fused-ring (bicyclic) bond motifs is 2. The molecule has 0 radical (unpaired) electrons. The zero-order valence-electron chi connectivity index (χ0n) is 16.6. The first-order valence-electron chi connectivity index (χ1n) is 10.4. The van der Waals surface area contributed by atoms with Gasteiger partial charge in [-0.1, -0.05) is 30.3 Å². The fourth-order valence-electron chi connectivity index (χ4n) is 4.85. The van der Waals surface area contributed by atoms with Crippen molar-refractivity contribution in [2.45, 2.75) is 32.4 Å². The predicted molar refractivity (Wildman–Crippen MR) is 112 cm³/mol. The highest BCUT2D eigenvalue weighted by Gasteiger charge is 2.38. The maximum atomic E-state index is 13.1. The van der Waals surface area contributed by atoms with Crippen LogP contribution in [0.2, 0.25) is 0 Å². The maximum Gasteiger partial charge on any atom is 0.255 e. The van der Waals surface area contributed by atoms with E-state index in [4.69, 9.17) is 9.15 Å². The van der Waals surface area contributed by atoms with Crippen molar-refractivity contribution >= 4 is 16.9 Å². The third-order valence-corrected chi connectivity index (χ3v) is 6.30. The molecule has 1 saturated carbocycles. The molecule has 150 valence electrons. The second-order valence-corrected chi connectivity index (χ2v) is 8.29. The molecule has 5 heteroatoms. The van der Waals surface area contributed by atoms with Crippen molar-refractivity contribution in [3.63, 3.8) is 0 Å². The van der Waals surface area contributed by atoms with E-state index in [1.165, 1.54) is 0 Å². The standard InChI is InChI=1S/C24H26N2O3/c1-15-23(24(27)26-19-9-17-12-25-13-18(17)10-19)21-11-20(7-8-22(21)29-15)28-14-16-5-3-2-4-6-16/h2-8,11,17-19,25H,9-10,12-14H2,1H3,(H,26,27)/t17-,18+,19+. The molecule has 3 aromatic rings. The van der Waals surface area contributed by atoms with Gasteiger partial charge in [0.2, 0.25) is 0 Å². The van der Waals surface area contributed by atoms with Crippen LogP contribution in [-0.2, 0) is 6.61 Å². The van der Waals surface area contributed by atoms with Gasteiger partial charge in [0, 0.05) is 11.4 Å². The van der Waals surface area contributed by atoms with E-state index in [1.54, 1.807) is 0 Å². The van der Waals surface area contributed by atoms with Gasteiger partial charge in [0.15, 0.2) is 0 Å². The second kappa shape index (κ2) is 7.56. The van der Waals surface area contributed by atoms with Crippen LogP contribution in [0, 0.1) is 18.8 Å². The fourth-order valence-corrected chi connectivity index (χ4v) is 4.85. The Hall–Kier alpha value is -2.79. The van der Waals surface area contributed by atoms with Crippen LogP contribution in [0.4, 0.5) is 0 Å². The Balaban J connectivity index is 1.34. The topological polar surface area (TPSA) is 63.5 Å². The summed E-state index contributed by atoms with van der Waals surface area (Å²) in [7, 11) is 0. The smallest absolute Gasteiger partial charge is 0.255 e. The summed E-state index contributed by atoms with van der Waals surface area (Å²) in [4.78, 5) is 13.1. The lowest BCUT2D eigenvalue weighted by atomic mass is 10.0. The Kier molecular flexibility index (Phi) is 4.76. The van der Waals surface area contributed by atoms with Crippen molar-refractivity contribution in [3.05, 3.63) is 65.4 Å². The number of aryl methyl sites for hydroxylation is 1. The Morgan fingerprint density at radius 3 is 2.66 bits per heavy atom. The maximum absolute atomic E-state index is 13.1. The third-order valence-electron chi connectivity index (χ3n) is 6.30. The molecule has 2 N–H and O–H groups in total. The largest absolute Gasteiger partial charge is 0.489 e. The van der Waals surface area contributed by atoms with Gasteiger partial charge in [-0.3, -0.25) is 4.79 Å². The van der Waals surface area contributed by atoms with Gasteiger partial charge in [-0.2, -0.15) is 0 Å². The Morgan fingerprint density at radius 1 is 1.14 bits per heavy atom. The van der Waals surface area contributed by atoms with E-state index in [1.807, 2.05) is 55.5 Å². The van der Waals surface area contributed by atoms with Crippen LogP contribution < -0.4 is 15.4 Å². The number of carbonyl (C=O) groups is 1. The summed E-state index contributed by atoms with van der Waals surface area (Å²) in [6.45, 7) is 4.50. The summed E-state index contributed by atoms with van der Waals surface area (Å²) in [5, 5.41) is 7.51. The van der Waals surface area contributed by atoms with Gasteiger partial charge in [0.05, 0.1) is 5.56 Å². The summed E-state index contributed by atoms with van der Waals surface area (Å²) in [5.41, 5.74) is 2.45. The number of rotatable bonds is 5. The minimum Gasteiger partial charge on any atom is -0.489 e. The van der Waals surface area contributed by atoms with Crippen LogP contribution in [0.3, 0.4) is 0 Å². The molecule has 3 atom stereocenters. The van der Waals surface area contributed by atoms with Crippen molar-refractivity contribution < 1.29 is 13.9 Å². The lowest BCUT2D eigenvalue weighted by Crippen LogP contribution is -2.34. The fraction of sp³-hybridized carbons (Fsp3) is 0.375. The first kappa shape index (κ1) is 18.3. The Labute approximate surface area is 170 Å². The van der Waals surface area contributed by atoms with Crippen LogP contribution in [0.25, 0.3) is 11.0 Å². The van der Waals surface area contributed by atoms with Gasteiger partial charge in [-0.05, 0) is 68.5 Å². The molecule has 5 nitrogen and oxygen atoms in total. The molecular weight excluding hydrogens is 364 g/mol. The lowest BCUT2D eigenvalue weighted by molar-refractivity contribution is 0.0936. The molecule has 1 aliphatic carbocycles. The number of amides is 1. The zero-order valence-corrected chi connectivity index (χ0v) is 16.6. The Bertz CT molecular complexity index is 1020. The monoisotopic (exact) mass is 390 g/mol. The molecule has 29 heavy (non-hydrogen) atoms. The predicted octanol–water partition coefficient (Wildman–Crippen LogP) is 4.05. The minimum absolute atomic E-state index is 0.0422. The molecule has 0 bridgehead atoms. The number of benzene rings is 2. The normalized spacial score (nSPS) is 23.3. The van der Waals surface area contributed by atoms with Crippen molar-refractivity contribution in [1.29, 1.82) is 0 Å². The van der Waals surface area contributed by atoms with E-state index in [0.717, 1.165) is 42.6 Å². The molecular formula is C24H26N2O3. The molecule has 2 aromatic carbocycles. The van der Waals surface area contributed by atoms with Crippen LogP contribution in [0.1, 0.15) is 34.5 Å². The highest BCUT2D eigenvalue weighted by Crippen LogP contribution is 2.35. The third kappa shape index (κ3) is 3.62. The van der Waals surface area contributed by atoms with Gasteiger partial charge >= 0.3 is 0 Å². The van der Waals surface area contributed by atoms with E-state index >= 15 is 0 Å². The van der Waals surface area contributed by atoms with E-state index in [9.17, 15) is 4.79 Å². The number of nitrogens with one attached hydrogen (secondary N) is 2. The van der Waals surface area contributed by atoms with Crippen LogP contribution in [-0.4, -0.2) is 25.0 Å². The average molecular weight is 390 g/mol. The van der Waals surface area contributed by atoms with E-state index < -0.39 is 0 Å². The summed E-state index contributed by atoms with van der Waals surface area (Å²) >= 11 is 0. The molecule has 1 aromatic heterocycles. The molecule has 0 spiro atoms. The van der Waals surface area contributed by atoms with E-state index in [2.05, 4.69) is 10.6 Å². The van der Waals surface area contributed by atoms with Gasteiger partial charge in [0.25, 0.3) is 5.91 Å². The van der Waals surface area contributed by atoms with E-state index in [-0.39, 0.29) is 11.9 Å². The highest BCUT2D eigenvalue weighted by molar-refractivity contribution is 6.07. The SMILES string of the molecule is Cc1oc2ccc(OCc3ccccc3)cc2c1C(=O)N[C@@H]1C[C@H]2CNC[C@H]2C1. The molecule has 0 unspecified atom stereocenters. The van der Waals surface area contributed by atoms with Crippen molar-refractivity contribution in [3.8, 4) is 5.75 Å². The average Bonchev–Trinajstić information content (AvgIpc) is 3.39. The van der Waals surface area contributed by atoms with Crippen molar-refractivity contribution in [1.82, 2.24) is 10.6 Å². The summed E-state index contributed by atoms with van der Waals surface area (Å²) < 4.78 is 11.8. The summed E-state index contributed by atoms with van der Waals surface area (Å²) in [6.07, 6.45) is 2.12. The molecule has 5 rings (SSSR count). The second-order valence-electron chi connectivity index (χ2n) is 8.29. The number of carbonyl (C=O) groups excluding carboxylic acids is 1. The number of ether oxygens (including phenoxy) is 1. The Morgan fingerprint density at radius 2 is 1.90 bits per heavy atom. The van der Waals surface area contributed by atoms with Gasteiger partial charge in [-0.25, -0.2) is 0 Å². The van der Waals surface area contributed by atoms with E-state index in [0.29, 0.717) is 35.3 Å². The first-order chi connectivity index (χ1) is 14.2. The molecule has 1 aliphatic heterocycles. The molecule has 2 fully saturated rings. The zero-order chi connectivity index (χ0) is 19.8. The van der Waals surface area contributed by atoms with Gasteiger partial charge < -0.3 is 19.8 Å². The molecule has 1 amide bonds. The summed E-state index contributed by atoms with van der Waals surface area (Å²) in [6, 6.07) is 16.0. The molecule has 2 heterocycles. The quantitative estimate of drug-likeness (QED) is 0.690. The van der Waals surface area contributed by atoms with Crippen molar-refractivity contribution in [2.75, 3.05) is 13.1 Å². The van der Waals surface area contributed by atoms with Gasteiger partial charge in [0.1, 0.15) is 23.7 Å². The first-order valence-corrected chi connectivity index (χ1v) is 10.4. The molecule has 2 aliphatic rings. The molecule has 1 saturated heterocycles. The summed E-state index contributed by atoms with van der Waals surface area (Å²) in [5.74, 6) is 2.73. The lowest BCUT2D eigenvalue weighted by Gasteiger charge is -2.14. The van der Waals surface area contributed by atoms with Crippen LogP contribution in [0.15, 0.2) is 52.9 Å². The number of furan rings is 1. The highest BCUT2D eigenvalue weighted by atomic mass is 16.5. The minimum atomic E-state index is -0.0422. The van der Waals surface area contributed by atoms with Crippen LogP contribution in [0.5, 0.6) is 5.75 Å². The number of hydrogen-bond donors (Lipinski definition) is 2. The number of hydrogen-bond acceptors (Lipinski definition) is 4.